The van der Waals surface area contributed by atoms with E-state index in [1.165, 1.54) is 24.3 Å². The van der Waals surface area contributed by atoms with Gasteiger partial charge in [0.15, 0.2) is 0 Å². The van der Waals surface area contributed by atoms with Gasteiger partial charge in [0.2, 0.25) is 0 Å². The lowest BCUT2D eigenvalue weighted by Gasteiger charge is -2.05. The smallest absolute Gasteiger partial charge is 0.266 e. The van der Waals surface area contributed by atoms with Crippen molar-refractivity contribution in [2.75, 3.05) is 5.32 Å². The van der Waals surface area contributed by atoms with E-state index < -0.39 is 5.91 Å². The molecule has 2 rings (SSSR count). The van der Waals surface area contributed by atoms with E-state index in [4.69, 9.17) is 28.5 Å². The molecule has 0 aliphatic carbocycles. The normalized spacial score (nSPS) is 10.9. The summed E-state index contributed by atoms with van der Waals surface area (Å²) < 4.78 is 0. The molecule has 6 heteroatoms. The number of carbonyl (C=O) groups excluding carboxylic acids is 1. The molecule has 0 bridgehead atoms. The van der Waals surface area contributed by atoms with E-state index in [0.29, 0.717) is 21.3 Å². The number of carbonyl (C=O) groups is 1. The van der Waals surface area contributed by atoms with Crippen molar-refractivity contribution in [3.05, 3.63) is 63.6 Å². The number of aromatic hydroxyl groups is 1. The van der Waals surface area contributed by atoms with Crippen molar-refractivity contribution in [2.24, 2.45) is 0 Å². The maximum Gasteiger partial charge on any atom is 0.266 e. The first-order chi connectivity index (χ1) is 10.5. The van der Waals surface area contributed by atoms with Crippen LogP contribution in [-0.2, 0) is 4.79 Å². The Balaban J connectivity index is 2.20. The van der Waals surface area contributed by atoms with Gasteiger partial charge in [-0.3, -0.25) is 4.79 Å². The molecular weight excluding hydrogens is 323 g/mol. The van der Waals surface area contributed by atoms with Gasteiger partial charge in [0.1, 0.15) is 17.4 Å². The fourth-order valence-electron chi connectivity index (χ4n) is 1.66. The minimum atomic E-state index is -0.561. The van der Waals surface area contributed by atoms with Crippen molar-refractivity contribution < 1.29 is 9.90 Å². The van der Waals surface area contributed by atoms with Crippen molar-refractivity contribution in [1.82, 2.24) is 0 Å². The number of benzene rings is 2. The summed E-state index contributed by atoms with van der Waals surface area (Å²) in [6.07, 6.45) is 1.42. The number of hydrogen-bond donors (Lipinski definition) is 2. The number of nitriles is 1. The lowest BCUT2D eigenvalue weighted by Crippen LogP contribution is -2.13. The average molecular weight is 333 g/mol. The summed E-state index contributed by atoms with van der Waals surface area (Å²) in [6.45, 7) is 0. The topological polar surface area (TPSA) is 73.1 Å². The third kappa shape index (κ3) is 4.01. The van der Waals surface area contributed by atoms with Crippen molar-refractivity contribution >= 4 is 40.9 Å². The Hall–Kier alpha value is -2.48. The molecule has 0 radical (unpaired) electrons. The summed E-state index contributed by atoms with van der Waals surface area (Å²) >= 11 is 11.7. The summed E-state index contributed by atoms with van der Waals surface area (Å²) in [7, 11) is 0. The zero-order valence-electron chi connectivity index (χ0n) is 11.2. The highest BCUT2D eigenvalue weighted by atomic mass is 35.5. The second-order valence-corrected chi connectivity index (χ2v) is 5.16. The van der Waals surface area contributed by atoms with Gasteiger partial charge in [0, 0.05) is 5.69 Å². The Morgan fingerprint density at radius 1 is 1.14 bits per heavy atom. The van der Waals surface area contributed by atoms with E-state index >= 15 is 0 Å². The van der Waals surface area contributed by atoms with Crippen molar-refractivity contribution in [3.63, 3.8) is 0 Å². The van der Waals surface area contributed by atoms with Crippen LogP contribution in [0.4, 0.5) is 5.69 Å². The van der Waals surface area contributed by atoms with Crippen LogP contribution in [0.3, 0.4) is 0 Å². The lowest BCUT2D eigenvalue weighted by molar-refractivity contribution is -0.112. The van der Waals surface area contributed by atoms with Crippen LogP contribution in [0.2, 0.25) is 10.0 Å². The van der Waals surface area contributed by atoms with Gasteiger partial charge >= 0.3 is 0 Å². The summed E-state index contributed by atoms with van der Waals surface area (Å²) in [5, 5.41) is 21.6. The molecule has 0 aliphatic heterocycles. The van der Waals surface area contributed by atoms with Crippen molar-refractivity contribution in [3.8, 4) is 11.8 Å². The van der Waals surface area contributed by atoms with E-state index in [0.717, 1.165) is 0 Å². The van der Waals surface area contributed by atoms with E-state index in [1.54, 1.807) is 24.3 Å². The van der Waals surface area contributed by atoms with Crippen LogP contribution in [0.25, 0.3) is 6.08 Å². The average Bonchev–Trinajstić information content (AvgIpc) is 2.50. The number of phenols is 1. The second-order valence-electron chi connectivity index (χ2n) is 4.34. The Bertz CT molecular complexity index is 778. The molecule has 0 saturated carbocycles. The zero-order valence-corrected chi connectivity index (χ0v) is 12.7. The van der Waals surface area contributed by atoms with Gasteiger partial charge in [-0.2, -0.15) is 5.26 Å². The number of hydrogen-bond acceptors (Lipinski definition) is 3. The van der Waals surface area contributed by atoms with E-state index in [-0.39, 0.29) is 11.3 Å². The Morgan fingerprint density at radius 2 is 1.82 bits per heavy atom. The predicted molar refractivity (Wildman–Crippen MR) is 86.8 cm³/mol. The summed E-state index contributed by atoms with van der Waals surface area (Å²) in [5.74, 6) is -0.454. The highest BCUT2D eigenvalue weighted by molar-refractivity contribution is 6.42. The molecule has 2 N–H and O–H groups in total. The molecule has 110 valence electrons. The van der Waals surface area contributed by atoms with Gasteiger partial charge in [0.05, 0.1) is 10.0 Å². The summed E-state index contributed by atoms with van der Waals surface area (Å²) in [4.78, 5) is 12.1. The van der Waals surface area contributed by atoms with Gasteiger partial charge in [-0.05, 0) is 42.0 Å². The van der Waals surface area contributed by atoms with Gasteiger partial charge in [-0.1, -0.05) is 35.3 Å². The Kier molecular flexibility index (Phi) is 5.05. The maximum atomic E-state index is 12.1. The van der Waals surface area contributed by atoms with Crippen LogP contribution in [0.1, 0.15) is 5.56 Å². The van der Waals surface area contributed by atoms with Gasteiger partial charge in [-0.15, -0.1) is 0 Å². The number of nitrogens with zero attached hydrogens (tertiary/aromatic N) is 1. The highest BCUT2D eigenvalue weighted by Crippen LogP contribution is 2.25. The molecule has 0 heterocycles. The predicted octanol–water partition coefficient (Wildman–Crippen LogP) is 4.24. The van der Waals surface area contributed by atoms with Crippen LogP contribution in [-0.4, -0.2) is 11.0 Å². The van der Waals surface area contributed by atoms with Gasteiger partial charge in [-0.25, -0.2) is 0 Å². The first-order valence-electron chi connectivity index (χ1n) is 6.17. The quantitative estimate of drug-likeness (QED) is 0.652. The Labute approximate surface area is 137 Å². The summed E-state index contributed by atoms with van der Waals surface area (Å²) in [5.41, 5.74) is 0.988. The van der Waals surface area contributed by atoms with Crippen LogP contribution in [0, 0.1) is 11.3 Å². The van der Waals surface area contributed by atoms with Crippen molar-refractivity contribution in [1.29, 1.82) is 5.26 Å². The van der Waals surface area contributed by atoms with Gasteiger partial charge in [0.25, 0.3) is 5.91 Å². The van der Waals surface area contributed by atoms with E-state index in [9.17, 15) is 9.90 Å². The largest absolute Gasteiger partial charge is 0.508 e. The molecule has 0 aliphatic rings. The second kappa shape index (κ2) is 6.99. The monoisotopic (exact) mass is 332 g/mol. The lowest BCUT2D eigenvalue weighted by atomic mass is 10.1. The first-order valence-corrected chi connectivity index (χ1v) is 6.92. The van der Waals surface area contributed by atoms with Crippen LogP contribution < -0.4 is 5.32 Å². The molecule has 1 amide bonds. The standard InChI is InChI=1S/C16H10Cl2N2O2/c17-14-6-3-12(8-15(14)18)20-16(22)11(9-19)7-10-1-4-13(21)5-2-10/h1-8,21H,(H,20,22)/b11-7+. The number of nitrogens with one attached hydrogen (secondary N) is 1. The van der Waals surface area contributed by atoms with Crippen molar-refractivity contribution in [2.45, 2.75) is 0 Å². The minimum absolute atomic E-state index is 0.0724. The van der Waals surface area contributed by atoms with Crippen LogP contribution in [0.5, 0.6) is 5.75 Å². The molecule has 0 saturated heterocycles. The SMILES string of the molecule is N#C/C(=C\c1ccc(O)cc1)C(=O)Nc1ccc(Cl)c(Cl)c1. The molecule has 0 unspecified atom stereocenters. The molecule has 0 aromatic heterocycles. The minimum Gasteiger partial charge on any atom is -0.508 e. The number of phenolic OH excluding ortho intramolecular Hbond substituents is 1. The molecule has 4 nitrogen and oxygen atoms in total. The number of amides is 1. The third-order valence-corrected chi connectivity index (χ3v) is 3.49. The fourth-order valence-corrected chi connectivity index (χ4v) is 1.96. The third-order valence-electron chi connectivity index (χ3n) is 2.75. The molecule has 0 spiro atoms. The molecule has 0 atom stereocenters. The van der Waals surface area contributed by atoms with E-state index in [2.05, 4.69) is 5.32 Å². The first kappa shape index (κ1) is 15.9. The van der Waals surface area contributed by atoms with Gasteiger partial charge < -0.3 is 10.4 Å². The molecule has 2 aromatic rings. The fraction of sp³-hybridized carbons (Fsp3) is 0. The maximum absolute atomic E-state index is 12.1. The number of halogens is 2. The molecule has 22 heavy (non-hydrogen) atoms. The summed E-state index contributed by atoms with van der Waals surface area (Å²) in [6, 6.07) is 12.6. The number of rotatable bonds is 3. The van der Waals surface area contributed by atoms with Crippen LogP contribution >= 0.6 is 23.2 Å². The van der Waals surface area contributed by atoms with Crippen LogP contribution in [0.15, 0.2) is 48.0 Å². The number of anilines is 1. The molecular formula is C16H10Cl2N2O2. The molecule has 0 fully saturated rings. The van der Waals surface area contributed by atoms with E-state index in [1.807, 2.05) is 6.07 Å². The Morgan fingerprint density at radius 3 is 2.41 bits per heavy atom. The highest BCUT2D eigenvalue weighted by Gasteiger charge is 2.10. The zero-order chi connectivity index (χ0) is 16.1. The molecule has 2 aromatic carbocycles.